The molecule has 1 aliphatic heterocycles. The summed E-state index contributed by atoms with van der Waals surface area (Å²) in [5, 5.41) is 0. The van der Waals surface area contributed by atoms with Gasteiger partial charge in [-0.15, -0.1) is 0 Å². The topological polar surface area (TPSA) is 29.5 Å². The van der Waals surface area contributed by atoms with Gasteiger partial charge in [0.05, 0.1) is 0 Å². The Labute approximate surface area is 154 Å². The average molecular weight is 355 g/mol. The van der Waals surface area contributed by atoms with Gasteiger partial charge in [-0.25, -0.2) is 4.39 Å². The molecule has 4 heteroatoms. The maximum absolute atomic E-state index is 13.3. The molecule has 0 N–H and O–H groups in total. The molecule has 3 nitrogen and oxygen atoms in total. The summed E-state index contributed by atoms with van der Waals surface area (Å²) in [6, 6.07) is 16.8. The molecule has 0 bridgehead atoms. The summed E-state index contributed by atoms with van der Waals surface area (Å²) in [5.41, 5.74) is 1.59. The van der Waals surface area contributed by atoms with Gasteiger partial charge < -0.3 is 9.64 Å². The summed E-state index contributed by atoms with van der Waals surface area (Å²) >= 11 is 0. The number of hydrogen-bond acceptors (Lipinski definition) is 3. The molecular formula is C22H26FNO2. The lowest BCUT2D eigenvalue weighted by Crippen LogP contribution is -2.45. The smallest absolute Gasteiger partial charge is 0.306 e. The molecule has 0 atom stereocenters. The molecule has 0 amide bonds. The van der Waals surface area contributed by atoms with Crippen LogP contribution in [0.2, 0.25) is 0 Å². The minimum Gasteiger partial charge on any atom is -0.454 e. The van der Waals surface area contributed by atoms with Gasteiger partial charge in [-0.2, -0.15) is 0 Å². The van der Waals surface area contributed by atoms with Crippen LogP contribution in [0.25, 0.3) is 0 Å². The molecule has 1 saturated heterocycles. The monoisotopic (exact) mass is 355 g/mol. The fourth-order valence-corrected chi connectivity index (χ4v) is 3.56. The first-order valence-corrected chi connectivity index (χ1v) is 9.35. The summed E-state index contributed by atoms with van der Waals surface area (Å²) in [6.07, 6.45) is 2.83. The zero-order valence-electron chi connectivity index (χ0n) is 15.3. The minimum absolute atomic E-state index is 0.202. The highest BCUT2D eigenvalue weighted by Gasteiger charge is 2.39. The Balaban J connectivity index is 1.66. The van der Waals surface area contributed by atoms with Crippen molar-refractivity contribution in [3.63, 3.8) is 0 Å². The van der Waals surface area contributed by atoms with Gasteiger partial charge in [0, 0.05) is 38.9 Å². The zero-order chi connectivity index (χ0) is 18.4. The molecule has 2 aromatic rings. The molecule has 0 spiro atoms. The second kappa shape index (κ2) is 8.45. The number of carbonyl (C=O) groups is 1. The lowest BCUT2D eigenvalue weighted by Gasteiger charge is -2.41. The largest absolute Gasteiger partial charge is 0.454 e. The Hall–Kier alpha value is -2.20. The van der Waals surface area contributed by atoms with E-state index in [0.29, 0.717) is 6.42 Å². The highest BCUT2D eigenvalue weighted by atomic mass is 19.1. The van der Waals surface area contributed by atoms with Gasteiger partial charge in [0.15, 0.2) is 0 Å². The van der Waals surface area contributed by atoms with Crippen LogP contribution in [0.15, 0.2) is 54.6 Å². The van der Waals surface area contributed by atoms with Crippen LogP contribution in [-0.4, -0.2) is 30.5 Å². The molecule has 3 rings (SSSR count). The molecule has 0 aromatic heterocycles. The summed E-state index contributed by atoms with van der Waals surface area (Å²) in [6.45, 7) is 4.52. The number of carbonyl (C=O) groups excluding carboxylic acids is 1. The summed E-state index contributed by atoms with van der Waals surface area (Å²) < 4.78 is 19.2. The van der Waals surface area contributed by atoms with Crippen molar-refractivity contribution in [1.82, 2.24) is 4.90 Å². The van der Waals surface area contributed by atoms with Crippen LogP contribution < -0.4 is 0 Å². The molecule has 1 aliphatic rings. The normalized spacial score (nSPS) is 17.0. The van der Waals surface area contributed by atoms with Crippen LogP contribution in [0.4, 0.5) is 4.39 Å². The Morgan fingerprint density at radius 3 is 2.35 bits per heavy atom. The predicted molar refractivity (Wildman–Crippen MR) is 100 cm³/mol. The van der Waals surface area contributed by atoms with E-state index in [0.717, 1.165) is 44.5 Å². The average Bonchev–Trinajstić information content (AvgIpc) is 2.68. The van der Waals surface area contributed by atoms with Crippen molar-refractivity contribution in [3.05, 3.63) is 71.5 Å². The number of hydrogen-bond donors (Lipinski definition) is 0. The fraction of sp³-hybridized carbons (Fsp3) is 0.409. The van der Waals surface area contributed by atoms with Crippen LogP contribution in [0.5, 0.6) is 0 Å². The molecule has 26 heavy (non-hydrogen) atoms. The maximum atomic E-state index is 13.3. The highest BCUT2D eigenvalue weighted by Crippen LogP contribution is 2.37. The zero-order valence-corrected chi connectivity index (χ0v) is 15.3. The van der Waals surface area contributed by atoms with Gasteiger partial charge in [0.25, 0.3) is 0 Å². The third-order valence-electron chi connectivity index (χ3n) is 5.19. The van der Waals surface area contributed by atoms with E-state index in [4.69, 9.17) is 4.74 Å². The van der Waals surface area contributed by atoms with Crippen molar-refractivity contribution in [3.8, 4) is 0 Å². The van der Waals surface area contributed by atoms with E-state index in [9.17, 15) is 9.18 Å². The number of benzene rings is 2. The van der Waals surface area contributed by atoms with Crippen LogP contribution in [0.1, 0.15) is 37.3 Å². The standard InChI is InChI=1S/C22H26FNO2/c1-2-21(25)26-22(19-8-10-20(23)11-9-19)13-16-24(17-14-22)15-12-18-6-4-3-5-7-18/h3-11H,2,12-17H2,1H3. The van der Waals surface area contributed by atoms with Crippen molar-refractivity contribution in [2.24, 2.45) is 0 Å². The van der Waals surface area contributed by atoms with E-state index < -0.39 is 5.60 Å². The number of esters is 1. The Morgan fingerprint density at radius 2 is 1.73 bits per heavy atom. The second-order valence-corrected chi connectivity index (χ2v) is 6.91. The van der Waals surface area contributed by atoms with E-state index in [-0.39, 0.29) is 11.8 Å². The molecule has 138 valence electrons. The third kappa shape index (κ3) is 4.50. The number of nitrogens with zero attached hydrogens (tertiary/aromatic N) is 1. The van der Waals surface area contributed by atoms with Gasteiger partial charge in [-0.1, -0.05) is 49.4 Å². The lowest BCUT2D eigenvalue weighted by molar-refractivity contribution is -0.166. The van der Waals surface area contributed by atoms with Gasteiger partial charge in [0.2, 0.25) is 0 Å². The number of rotatable bonds is 6. The van der Waals surface area contributed by atoms with Crippen LogP contribution >= 0.6 is 0 Å². The van der Waals surface area contributed by atoms with Gasteiger partial charge in [-0.05, 0) is 29.7 Å². The van der Waals surface area contributed by atoms with Gasteiger partial charge in [-0.3, -0.25) is 4.79 Å². The van der Waals surface area contributed by atoms with Crippen molar-refractivity contribution in [2.45, 2.75) is 38.2 Å². The third-order valence-corrected chi connectivity index (χ3v) is 5.19. The van der Waals surface area contributed by atoms with Gasteiger partial charge in [0.1, 0.15) is 11.4 Å². The molecular weight excluding hydrogens is 329 g/mol. The Kier molecular flexibility index (Phi) is 6.04. The van der Waals surface area contributed by atoms with E-state index in [1.54, 1.807) is 19.1 Å². The number of likely N-dealkylation sites (tertiary alicyclic amines) is 1. The van der Waals surface area contributed by atoms with Crippen molar-refractivity contribution in [2.75, 3.05) is 19.6 Å². The lowest BCUT2D eigenvalue weighted by atomic mass is 9.84. The number of ether oxygens (including phenoxy) is 1. The molecule has 0 unspecified atom stereocenters. The first-order valence-electron chi connectivity index (χ1n) is 9.35. The van der Waals surface area contributed by atoms with E-state index in [1.165, 1.54) is 17.7 Å². The van der Waals surface area contributed by atoms with Crippen molar-refractivity contribution < 1.29 is 13.9 Å². The van der Waals surface area contributed by atoms with Crippen LogP contribution in [0, 0.1) is 5.82 Å². The second-order valence-electron chi connectivity index (χ2n) is 6.91. The maximum Gasteiger partial charge on any atom is 0.306 e. The van der Waals surface area contributed by atoms with Crippen LogP contribution in [0.3, 0.4) is 0 Å². The van der Waals surface area contributed by atoms with Crippen molar-refractivity contribution in [1.29, 1.82) is 0 Å². The first kappa shape index (κ1) is 18.6. The molecule has 2 aromatic carbocycles. The SMILES string of the molecule is CCC(=O)OC1(c2ccc(F)cc2)CCN(CCc2ccccc2)CC1. The molecule has 0 aliphatic carbocycles. The quantitative estimate of drug-likeness (QED) is 0.723. The summed E-state index contributed by atoms with van der Waals surface area (Å²) in [7, 11) is 0. The van der Waals surface area contributed by atoms with E-state index >= 15 is 0 Å². The first-order chi connectivity index (χ1) is 12.6. The molecule has 1 fully saturated rings. The molecule has 1 heterocycles. The number of halogens is 1. The minimum atomic E-state index is -0.635. The molecule has 0 saturated carbocycles. The fourth-order valence-electron chi connectivity index (χ4n) is 3.56. The van der Waals surface area contributed by atoms with E-state index in [2.05, 4.69) is 29.2 Å². The summed E-state index contributed by atoms with van der Waals surface area (Å²) in [4.78, 5) is 14.4. The highest BCUT2D eigenvalue weighted by molar-refractivity contribution is 5.69. The number of piperidine rings is 1. The Bertz CT molecular complexity index is 707. The Morgan fingerprint density at radius 1 is 1.08 bits per heavy atom. The van der Waals surface area contributed by atoms with Crippen molar-refractivity contribution >= 4 is 5.97 Å². The predicted octanol–water partition coefficient (Wildman–Crippen LogP) is 4.31. The van der Waals surface area contributed by atoms with Crippen LogP contribution in [-0.2, 0) is 21.6 Å². The molecule has 0 radical (unpaired) electrons. The van der Waals surface area contributed by atoms with E-state index in [1.807, 2.05) is 6.07 Å². The van der Waals surface area contributed by atoms with Gasteiger partial charge >= 0.3 is 5.97 Å². The summed E-state index contributed by atoms with van der Waals surface area (Å²) in [5.74, 6) is -0.474.